The summed E-state index contributed by atoms with van der Waals surface area (Å²) in [6.07, 6.45) is 0. The molecule has 0 saturated heterocycles. The first-order valence-electron chi connectivity index (χ1n) is 29.9. The van der Waals surface area contributed by atoms with Crippen molar-refractivity contribution in [2.75, 3.05) is 9.80 Å². The predicted molar refractivity (Wildman–Crippen MR) is 360 cm³/mol. The van der Waals surface area contributed by atoms with Crippen molar-refractivity contribution in [3.8, 4) is 102 Å². The van der Waals surface area contributed by atoms with Crippen molar-refractivity contribution < 1.29 is 0 Å². The highest BCUT2D eigenvalue weighted by Gasteiger charge is 2.35. The Kier molecular flexibility index (Phi) is 14.2. The Morgan fingerprint density at radius 3 is 0.955 bits per heavy atom. The van der Waals surface area contributed by atoms with Crippen LogP contribution in [-0.2, 0) is 10.8 Å². The lowest BCUT2D eigenvalue weighted by Gasteiger charge is -2.40. The van der Waals surface area contributed by atoms with Gasteiger partial charge in [-0.05, 0) is 81.6 Å². The third-order valence-electron chi connectivity index (χ3n) is 16.2. The minimum Gasteiger partial charge on any atom is -0.306 e. The van der Waals surface area contributed by atoms with Gasteiger partial charge in [0.1, 0.15) is 0 Å². The standard InChI is InChI=1S/C79H63N9/c1-78(2,3)59-45-58(46-60(47-59)79(4,5)6)61-49-72(87-68-41-25-27-43-70(68)88(71-44-28-26-42-69(71)87)77-85-74(56-37-21-11-22-38-56)84-75(86-77)57-39-23-12-24-40-57)63(76-81-64(52-29-13-7-14-30-52)50-65(82-76)53-31-15-8-16-32-53)48-62(61)67-51-66(54-33-17-9-18-34-54)80-73(83-67)55-35-19-10-20-36-55/h7-51H,1-6H3. The van der Waals surface area contributed by atoms with Gasteiger partial charge in [-0.1, -0.05) is 266 Å². The second kappa shape index (κ2) is 22.8. The molecule has 0 amide bonds. The van der Waals surface area contributed by atoms with Crippen LogP contribution < -0.4 is 9.80 Å². The Morgan fingerprint density at radius 1 is 0.227 bits per heavy atom. The van der Waals surface area contributed by atoms with Gasteiger partial charge >= 0.3 is 0 Å². The Bertz CT molecular complexity index is 4430. The van der Waals surface area contributed by atoms with Crippen molar-refractivity contribution in [3.05, 3.63) is 284 Å². The second-order valence-electron chi connectivity index (χ2n) is 24.3. The third-order valence-corrected chi connectivity index (χ3v) is 16.2. The van der Waals surface area contributed by atoms with Crippen molar-refractivity contribution in [2.24, 2.45) is 0 Å². The van der Waals surface area contributed by atoms with E-state index in [9.17, 15) is 0 Å². The van der Waals surface area contributed by atoms with E-state index in [1.807, 2.05) is 97.1 Å². The van der Waals surface area contributed by atoms with Crippen molar-refractivity contribution in [1.29, 1.82) is 0 Å². The van der Waals surface area contributed by atoms with Crippen molar-refractivity contribution in [1.82, 2.24) is 34.9 Å². The summed E-state index contributed by atoms with van der Waals surface area (Å²) in [6, 6.07) is 94.8. The van der Waals surface area contributed by atoms with E-state index in [-0.39, 0.29) is 10.8 Å². The van der Waals surface area contributed by atoms with E-state index in [2.05, 4.69) is 227 Å². The fourth-order valence-electron chi connectivity index (χ4n) is 11.5. The number of para-hydroxylation sites is 4. The molecule has 1 aliphatic rings. The smallest absolute Gasteiger partial charge is 0.238 e. The summed E-state index contributed by atoms with van der Waals surface area (Å²) < 4.78 is 0. The second-order valence-corrected chi connectivity index (χ2v) is 24.3. The van der Waals surface area contributed by atoms with Crippen molar-refractivity contribution in [3.63, 3.8) is 0 Å². The predicted octanol–water partition coefficient (Wildman–Crippen LogP) is 20.3. The molecule has 14 rings (SSSR count). The number of nitrogens with zero attached hydrogens (tertiary/aromatic N) is 9. The number of anilines is 6. The molecule has 424 valence electrons. The molecule has 0 saturated carbocycles. The molecule has 1 aliphatic heterocycles. The van der Waals surface area contributed by atoms with Crippen LogP contribution in [0.25, 0.3) is 102 Å². The highest BCUT2D eigenvalue weighted by molar-refractivity contribution is 6.05. The van der Waals surface area contributed by atoms with Crippen LogP contribution in [0, 0.1) is 0 Å². The number of rotatable bonds is 11. The number of aromatic nitrogens is 7. The van der Waals surface area contributed by atoms with Gasteiger partial charge in [-0.15, -0.1) is 0 Å². The molecule has 13 aromatic rings. The van der Waals surface area contributed by atoms with Gasteiger partial charge in [0, 0.05) is 44.5 Å². The molecule has 0 atom stereocenters. The highest BCUT2D eigenvalue weighted by atomic mass is 15.3. The van der Waals surface area contributed by atoms with E-state index >= 15 is 0 Å². The third kappa shape index (κ3) is 10.8. The molecule has 0 radical (unpaired) electrons. The van der Waals surface area contributed by atoms with Crippen LogP contribution in [0.15, 0.2) is 273 Å². The molecule has 88 heavy (non-hydrogen) atoms. The van der Waals surface area contributed by atoms with Crippen LogP contribution in [0.3, 0.4) is 0 Å². The summed E-state index contributed by atoms with van der Waals surface area (Å²) in [5.41, 5.74) is 18.9. The van der Waals surface area contributed by atoms with E-state index in [4.69, 9.17) is 34.9 Å². The van der Waals surface area contributed by atoms with Crippen LogP contribution in [0.2, 0.25) is 0 Å². The largest absolute Gasteiger partial charge is 0.306 e. The molecular formula is C79H63N9. The number of hydrogen-bond acceptors (Lipinski definition) is 9. The molecule has 9 heteroatoms. The van der Waals surface area contributed by atoms with Crippen LogP contribution >= 0.6 is 0 Å². The molecule has 0 bridgehead atoms. The number of benzene rings is 10. The van der Waals surface area contributed by atoms with Crippen molar-refractivity contribution in [2.45, 2.75) is 52.4 Å². The van der Waals surface area contributed by atoms with E-state index < -0.39 is 0 Å². The molecule has 0 fully saturated rings. The maximum absolute atomic E-state index is 5.66. The average Bonchev–Trinajstić information content (AvgIpc) is 0.955. The normalized spacial score (nSPS) is 12.2. The maximum atomic E-state index is 5.66. The van der Waals surface area contributed by atoms with Gasteiger partial charge in [-0.25, -0.2) is 24.9 Å². The van der Waals surface area contributed by atoms with Gasteiger partial charge in [0.15, 0.2) is 23.3 Å². The van der Waals surface area contributed by atoms with E-state index in [0.29, 0.717) is 29.2 Å². The molecule has 9 nitrogen and oxygen atoms in total. The Hall–Kier alpha value is -11.0. The fourth-order valence-corrected chi connectivity index (χ4v) is 11.5. The van der Waals surface area contributed by atoms with E-state index in [1.165, 1.54) is 11.1 Å². The molecular weight excluding hydrogens is 1070 g/mol. The average molecular weight is 1140 g/mol. The Morgan fingerprint density at radius 2 is 0.557 bits per heavy atom. The van der Waals surface area contributed by atoms with Crippen LogP contribution in [0.1, 0.15) is 52.7 Å². The maximum Gasteiger partial charge on any atom is 0.238 e. The summed E-state index contributed by atoms with van der Waals surface area (Å²) in [6.45, 7) is 13.8. The zero-order chi connectivity index (χ0) is 59.9. The van der Waals surface area contributed by atoms with Gasteiger partial charge in [0.25, 0.3) is 0 Å². The summed E-state index contributed by atoms with van der Waals surface area (Å²) >= 11 is 0. The van der Waals surface area contributed by atoms with Gasteiger partial charge in [-0.2, -0.15) is 9.97 Å². The van der Waals surface area contributed by atoms with Gasteiger partial charge in [0.05, 0.1) is 51.2 Å². The topological polar surface area (TPSA) is 96.7 Å². The fraction of sp³-hybridized carbons (Fsp3) is 0.101. The van der Waals surface area contributed by atoms with Crippen LogP contribution in [0.4, 0.5) is 34.4 Å². The molecule has 0 unspecified atom stereocenters. The minimum absolute atomic E-state index is 0.196. The molecule has 0 aliphatic carbocycles. The van der Waals surface area contributed by atoms with Gasteiger partial charge in [0.2, 0.25) is 5.95 Å². The van der Waals surface area contributed by atoms with E-state index in [0.717, 1.165) is 107 Å². The highest BCUT2D eigenvalue weighted by Crippen LogP contribution is 2.57. The van der Waals surface area contributed by atoms with Crippen LogP contribution in [0.5, 0.6) is 0 Å². The lowest BCUT2D eigenvalue weighted by atomic mass is 9.78. The molecule has 3 aromatic heterocycles. The summed E-state index contributed by atoms with van der Waals surface area (Å²) in [5.74, 6) is 2.77. The first kappa shape index (κ1) is 54.9. The number of hydrogen-bond donors (Lipinski definition) is 0. The first-order chi connectivity index (χ1) is 42.9. The Balaban J connectivity index is 1.11. The summed E-state index contributed by atoms with van der Waals surface area (Å²) in [4.78, 5) is 42.6. The summed E-state index contributed by atoms with van der Waals surface area (Å²) in [5, 5.41) is 0. The molecule has 0 spiro atoms. The van der Waals surface area contributed by atoms with Crippen molar-refractivity contribution >= 4 is 34.4 Å². The molecule has 10 aromatic carbocycles. The molecule has 4 heterocycles. The first-order valence-corrected chi connectivity index (χ1v) is 29.9. The van der Waals surface area contributed by atoms with E-state index in [1.54, 1.807) is 0 Å². The SMILES string of the molecule is CC(C)(C)c1cc(-c2cc(N3c4ccccc4N(c4nc(-c5ccccc5)nc(-c5ccccc5)n4)c4ccccc43)c(-c3nc(-c4ccccc4)cc(-c4ccccc4)n3)cc2-c2cc(-c3ccccc3)nc(-c3ccccc3)n2)cc(C(C)(C)C)c1. The minimum atomic E-state index is -0.196. The quantitative estimate of drug-likeness (QED) is 0.125. The van der Waals surface area contributed by atoms with Gasteiger partial charge in [-0.3, -0.25) is 4.90 Å². The lowest BCUT2D eigenvalue weighted by Crippen LogP contribution is -2.26. The number of fused-ring (bicyclic) bond motifs is 2. The zero-order valence-corrected chi connectivity index (χ0v) is 50.0. The monoisotopic (exact) mass is 1140 g/mol. The zero-order valence-electron chi connectivity index (χ0n) is 50.0. The van der Waals surface area contributed by atoms with Gasteiger partial charge < -0.3 is 4.90 Å². The van der Waals surface area contributed by atoms with Crippen LogP contribution in [-0.4, -0.2) is 34.9 Å². The summed E-state index contributed by atoms with van der Waals surface area (Å²) in [7, 11) is 0. The molecule has 0 N–H and O–H groups in total. The lowest BCUT2D eigenvalue weighted by molar-refractivity contribution is 0.569. The Labute approximate surface area is 514 Å².